The summed E-state index contributed by atoms with van der Waals surface area (Å²) in [7, 11) is 0. The van der Waals surface area contributed by atoms with Gasteiger partial charge in [-0.25, -0.2) is 9.97 Å². The predicted molar refractivity (Wildman–Crippen MR) is 66.8 cm³/mol. The Morgan fingerprint density at radius 2 is 2.20 bits per heavy atom. The molecule has 1 N–H and O–H groups in total. The number of nitrogens with one attached hydrogen (secondary N) is 1. The van der Waals surface area contributed by atoms with Gasteiger partial charge in [-0.3, -0.25) is 0 Å². The lowest BCUT2D eigenvalue weighted by Crippen LogP contribution is -1.94. The zero-order valence-electron chi connectivity index (χ0n) is 8.41. The molecule has 0 bridgehead atoms. The van der Waals surface area contributed by atoms with E-state index in [0.717, 1.165) is 26.7 Å². The van der Waals surface area contributed by atoms with Gasteiger partial charge in [0.25, 0.3) is 0 Å². The van der Waals surface area contributed by atoms with Gasteiger partial charge in [0.05, 0.1) is 10.2 Å². The molecule has 2 rings (SSSR count). The zero-order valence-corrected chi connectivity index (χ0v) is 10.8. The van der Waals surface area contributed by atoms with Crippen LogP contribution in [0, 0.1) is 13.8 Å². The summed E-state index contributed by atoms with van der Waals surface area (Å²) in [5.74, 6) is 0.801. The van der Waals surface area contributed by atoms with Crippen LogP contribution in [0.25, 0.3) is 0 Å². The van der Waals surface area contributed by atoms with E-state index in [2.05, 4.69) is 31.2 Å². The Morgan fingerprint density at radius 1 is 1.40 bits per heavy atom. The third-order valence-corrected chi connectivity index (χ3v) is 3.30. The molecule has 0 aliphatic carbocycles. The maximum absolute atomic E-state index is 4.32. The Morgan fingerprint density at radius 3 is 2.80 bits per heavy atom. The van der Waals surface area contributed by atoms with E-state index in [1.54, 1.807) is 11.3 Å². The summed E-state index contributed by atoms with van der Waals surface area (Å²) in [6.07, 6.45) is 1.83. The fraction of sp³-hybridized carbons (Fsp3) is 0.200. The molecule has 3 nitrogen and oxygen atoms in total. The molecule has 2 aromatic rings. The van der Waals surface area contributed by atoms with Crippen molar-refractivity contribution in [2.24, 2.45) is 0 Å². The van der Waals surface area contributed by atoms with Crippen LogP contribution in [0.5, 0.6) is 0 Å². The molecule has 5 heteroatoms. The Hall–Kier alpha value is -0.940. The minimum Gasteiger partial charge on any atom is -0.315 e. The molecule has 0 saturated heterocycles. The number of pyridine rings is 1. The van der Waals surface area contributed by atoms with E-state index in [1.165, 1.54) is 0 Å². The largest absolute Gasteiger partial charge is 0.315 e. The highest BCUT2D eigenvalue weighted by molar-refractivity contribution is 9.10. The number of nitrogens with zero attached hydrogens (tertiary/aromatic N) is 2. The molecule has 15 heavy (non-hydrogen) atoms. The minimum atomic E-state index is 0.801. The van der Waals surface area contributed by atoms with Gasteiger partial charge in [0.1, 0.15) is 5.82 Å². The molecule has 0 aromatic carbocycles. The molecule has 0 fully saturated rings. The number of aromatic nitrogens is 2. The van der Waals surface area contributed by atoms with Crippen LogP contribution in [0.4, 0.5) is 10.9 Å². The first-order valence-electron chi connectivity index (χ1n) is 4.46. The van der Waals surface area contributed by atoms with E-state index >= 15 is 0 Å². The first-order valence-corrected chi connectivity index (χ1v) is 6.14. The van der Waals surface area contributed by atoms with Gasteiger partial charge in [0, 0.05) is 11.6 Å². The second-order valence-corrected chi connectivity index (χ2v) is 4.97. The highest BCUT2D eigenvalue weighted by Crippen LogP contribution is 2.25. The molecule has 0 spiro atoms. The van der Waals surface area contributed by atoms with E-state index in [4.69, 9.17) is 0 Å². The van der Waals surface area contributed by atoms with Crippen LogP contribution >= 0.6 is 27.3 Å². The standard InChI is InChI=1S/C10H10BrN3S/c1-6-3-8(11)9(12-4-6)14-10-13-7(2)5-15-10/h3-5H,1-2H3,(H,12,13,14). The molecule has 2 heterocycles. The summed E-state index contributed by atoms with van der Waals surface area (Å²) in [6.45, 7) is 3.98. The van der Waals surface area contributed by atoms with Crippen molar-refractivity contribution in [1.82, 2.24) is 9.97 Å². The molecule has 0 radical (unpaired) electrons. The average molecular weight is 284 g/mol. The molecule has 0 unspecified atom stereocenters. The Balaban J connectivity index is 2.24. The van der Waals surface area contributed by atoms with Crippen molar-refractivity contribution in [1.29, 1.82) is 0 Å². The lowest BCUT2D eigenvalue weighted by molar-refractivity contribution is 1.21. The van der Waals surface area contributed by atoms with Gasteiger partial charge in [0.2, 0.25) is 0 Å². The van der Waals surface area contributed by atoms with Gasteiger partial charge in [0.15, 0.2) is 5.13 Å². The van der Waals surface area contributed by atoms with Gasteiger partial charge in [-0.2, -0.15) is 0 Å². The second-order valence-electron chi connectivity index (χ2n) is 3.26. The van der Waals surface area contributed by atoms with Gasteiger partial charge in [-0.05, 0) is 41.4 Å². The van der Waals surface area contributed by atoms with Crippen LogP contribution < -0.4 is 5.32 Å². The summed E-state index contributed by atoms with van der Waals surface area (Å²) in [5.41, 5.74) is 2.15. The van der Waals surface area contributed by atoms with Crippen molar-refractivity contribution >= 4 is 38.2 Å². The third kappa shape index (κ3) is 2.54. The quantitative estimate of drug-likeness (QED) is 0.914. The van der Waals surface area contributed by atoms with Gasteiger partial charge in [-0.1, -0.05) is 0 Å². The lowest BCUT2D eigenvalue weighted by Gasteiger charge is -2.04. The predicted octanol–water partition coefficient (Wildman–Crippen LogP) is 3.66. The summed E-state index contributed by atoms with van der Waals surface area (Å²) in [4.78, 5) is 8.61. The van der Waals surface area contributed by atoms with Crippen LogP contribution in [-0.4, -0.2) is 9.97 Å². The molecule has 0 saturated carbocycles. The third-order valence-electron chi connectivity index (χ3n) is 1.82. The lowest BCUT2D eigenvalue weighted by atomic mass is 10.3. The number of halogens is 1. The van der Waals surface area contributed by atoms with Crippen molar-refractivity contribution in [3.63, 3.8) is 0 Å². The smallest absolute Gasteiger partial charge is 0.188 e. The molecule has 78 valence electrons. The Bertz CT molecular complexity index is 481. The number of anilines is 2. The monoisotopic (exact) mass is 283 g/mol. The normalized spacial score (nSPS) is 10.3. The molecule has 0 amide bonds. The molecule has 0 atom stereocenters. The number of hydrogen-bond acceptors (Lipinski definition) is 4. The minimum absolute atomic E-state index is 0.801. The molecule has 0 aliphatic heterocycles. The topological polar surface area (TPSA) is 37.8 Å². The Labute approximate surface area is 101 Å². The molecular weight excluding hydrogens is 274 g/mol. The summed E-state index contributed by atoms with van der Waals surface area (Å²) >= 11 is 5.04. The van der Waals surface area contributed by atoms with Crippen molar-refractivity contribution < 1.29 is 0 Å². The number of thiazole rings is 1. The van der Waals surface area contributed by atoms with Gasteiger partial charge in [-0.15, -0.1) is 11.3 Å². The van der Waals surface area contributed by atoms with E-state index in [0.29, 0.717) is 0 Å². The van der Waals surface area contributed by atoms with Crippen LogP contribution in [0.1, 0.15) is 11.3 Å². The summed E-state index contributed by atoms with van der Waals surface area (Å²) in [5, 5.41) is 6.04. The van der Waals surface area contributed by atoms with E-state index < -0.39 is 0 Å². The van der Waals surface area contributed by atoms with Crippen molar-refractivity contribution in [3.05, 3.63) is 33.4 Å². The zero-order chi connectivity index (χ0) is 10.8. The average Bonchev–Trinajstić information content (AvgIpc) is 2.56. The molecular formula is C10H10BrN3S. The maximum atomic E-state index is 4.32. The molecule has 2 aromatic heterocycles. The highest BCUT2D eigenvalue weighted by atomic mass is 79.9. The summed E-state index contributed by atoms with van der Waals surface area (Å²) in [6, 6.07) is 2.02. The van der Waals surface area contributed by atoms with Crippen LogP contribution in [0.3, 0.4) is 0 Å². The van der Waals surface area contributed by atoms with Crippen LogP contribution in [0.2, 0.25) is 0 Å². The number of hydrogen-bond donors (Lipinski definition) is 1. The fourth-order valence-electron chi connectivity index (χ4n) is 1.14. The highest BCUT2D eigenvalue weighted by Gasteiger charge is 2.04. The molecule has 0 aliphatic rings. The van der Waals surface area contributed by atoms with Crippen LogP contribution in [-0.2, 0) is 0 Å². The van der Waals surface area contributed by atoms with Crippen molar-refractivity contribution in [3.8, 4) is 0 Å². The first-order chi connectivity index (χ1) is 7.15. The SMILES string of the molecule is Cc1cnc(Nc2nc(C)cs2)c(Br)c1. The Kier molecular flexibility index (Phi) is 3.02. The van der Waals surface area contributed by atoms with E-state index in [9.17, 15) is 0 Å². The number of aryl methyl sites for hydroxylation is 2. The maximum Gasteiger partial charge on any atom is 0.188 e. The second kappa shape index (κ2) is 4.28. The summed E-state index contributed by atoms with van der Waals surface area (Å²) < 4.78 is 0.954. The van der Waals surface area contributed by atoms with Crippen LogP contribution in [0.15, 0.2) is 22.1 Å². The van der Waals surface area contributed by atoms with Gasteiger partial charge >= 0.3 is 0 Å². The van der Waals surface area contributed by atoms with Gasteiger partial charge < -0.3 is 5.32 Å². The van der Waals surface area contributed by atoms with Crippen molar-refractivity contribution in [2.45, 2.75) is 13.8 Å². The fourth-order valence-corrected chi connectivity index (χ4v) is 2.39. The van der Waals surface area contributed by atoms with E-state index in [-0.39, 0.29) is 0 Å². The first kappa shape index (κ1) is 10.6. The van der Waals surface area contributed by atoms with E-state index in [1.807, 2.05) is 31.5 Å². The number of rotatable bonds is 2. The van der Waals surface area contributed by atoms with Crippen molar-refractivity contribution in [2.75, 3.05) is 5.32 Å².